The Labute approximate surface area is 219 Å². The monoisotopic (exact) mass is 497 g/mol. The van der Waals surface area contributed by atoms with Crippen LogP contribution in [0.15, 0.2) is 78.0 Å². The molecule has 3 aromatic rings. The van der Waals surface area contributed by atoms with Gasteiger partial charge in [0, 0.05) is 36.5 Å². The standard InChI is InChI=1S/C31H35N3O3/c1-5-34(6-2)23-14-11-20(12-15-23)31-30-26(32-24-9-7-8-10-25(24)33-31)17-22(18-27(30)35)21-13-16-28(36-3)29(19-21)37-4/h7-16,19,22,31-33H,5-6,17-18H2,1-4H3. The van der Waals surface area contributed by atoms with Crippen LogP contribution in [-0.4, -0.2) is 33.1 Å². The van der Waals surface area contributed by atoms with Gasteiger partial charge in [0.25, 0.3) is 0 Å². The lowest BCUT2D eigenvalue weighted by Gasteiger charge is -2.30. The first-order valence-electron chi connectivity index (χ1n) is 13.0. The summed E-state index contributed by atoms with van der Waals surface area (Å²) in [6, 6.07) is 22.5. The zero-order valence-electron chi connectivity index (χ0n) is 22.0. The molecule has 3 aromatic carbocycles. The SMILES string of the molecule is CCN(CC)c1ccc(C2Nc3ccccc3NC3=C2C(=O)CC(c2ccc(OC)c(OC)c2)C3)cc1. The fourth-order valence-electron chi connectivity index (χ4n) is 5.55. The van der Waals surface area contributed by atoms with E-state index in [2.05, 4.69) is 65.8 Å². The van der Waals surface area contributed by atoms with Crippen LogP contribution in [0.5, 0.6) is 11.5 Å². The third-order valence-corrected chi connectivity index (χ3v) is 7.54. The van der Waals surface area contributed by atoms with E-state index in [1.165, 1.54) is 5.69 Å². The summed E-state index contributed by atoms with van der Waals surface area (Å²) in [6.07, 6.45) is 1.18. The molecule has 6 heteroatoms. The lowest BCUT2D eigenvalue weighted by molar-refractivity contribution is -0.116. The van der Waals surface area contributed by atoms with Crippen molar-refractivity contribution in [3.8, 4) is 11.5 Å². The number of ether oxygens (including phenoxy) is 2. The first kappa shape index (κ1) is 24.8. The highest BCUT2D eigenvalue weighted by Gasteiger charge is 2.36. The maximum atomic E-state index is 13.8. The quantitative estimate of drug-likeness (QED) is 0.387. The molecule has 0 bridgehead atoms. The van der Waals surface area contributed by atoms with Crippen molar-refractivity contribution in [1.82, 2.24) is 0 Å². The maximum Gasteiger partial charge on any atom is 0.163 e. The lowest BCUT2D eigenvalue weighted by Crippen LogP contribution is -2.27. The molecular formula is C31H35N3O3. The number of anilines is 3. The van der Waals surface area contributed by atoms with Gasteiger partial charge in [-0.1, -0.05) is 30.3 Å². The van der Waals surface area contributed by atoms with E-state index in [1.807, 2.05) is 30.3 Å². The highest BCUT2D eigenvalue weighted by atomic mass is 16.5. The number of methoxy groups -OCH3 is 2. The Bertz CT molecular complexity index is 1310. The number of Topliss-reactive ketones (excluding diaryl/α,β-unsaturated/α-hetero) is 1. The fourth-order valence-corrected chi connectivity index (χ4v) is 5.55. The van der Waals surface area contributed by atoms with Gasteiger partial charge in [-0.3, -0.25) is 4.79 Å². The number of rotatable bonds is 7. The zero-order chi connectivity index (χ0) is 25.9. The number of para-hydroxylation sites is 2. The van der Waals surface area contributed by atoms with Crippen molar-refractivity contribution < 1.29 is 14.3 Å². The first-order chi connectivity index (χ1) is 18.1. The number of allylic oxidation sites excluding steroid dienone is 1. The third-order valence-electron chi connectivity index (χ3n) is 7.54. The Balaban J connectivity index is 1.54. The number of carbonyl (C=O) groups is 1. The lowest BCUT2D eigenvalue weighted by atomic mass is 9.78. The Morgan fingerprint density at radius 2 is 1.51 bits per heavy atom. The molecule has 0 radical (unpaired) electrons. The highest BCUT2D eigenvalue weighted by molar-refractivity contribution is 6.01. The molecule has 2 atom stereocenters. The van der Waals surface area contributed by atoms with Crippen LogP contribution in [-0.2, 0) is 4.79 Å². The van der Waals surface area contributed by atoms with Crippen LogP contribution < -0.4 is 25.0 Å². The van der Waals surface area contributed by atoms with E-state index < -0.39 is 0 Å². The minimum atomic E-state index is -0.226. The van der Waals surface area contributed by atoms with Crippen molar-refractivity contribution >= 4 is 22.8 Å². The number of ketones is 1. The summed E-state index contributed by atoms with van der Waals surface area (Å²) in [5.74, 6) is 1.58. The predicted octanol–water partition coefficient (Wildman–Crippen LogP) is 6.53. The van der Waals surface area contributed by atoms with Gasteiger partial charge in [0.05, 0.1) is 31.6 Å². The second-order valence-electron chi connectivity index (χ2n) is 9.55. The highest BCUT2D eigenvalue weighted by Crippen LogP contribution is 2.45. The van der Waals surface area contributed by atoms with Gasteiger partial charge >= 0.3 is 0 Å². The number of nitrogens with zero attached hydrogens (tertiary/aromatic N) is 1. The minimum absolute atomic E-state index is 0.0505. The summed E-state index contributed by atoms with van der Waals surface area (Å²) in [6.45, 7) is 6.25. The number of carbonyl (C=O) groups excluding carboxylic acids is 1. The van der Waals surface area contributed by atoms with Gasteiger partial charge in [0.2, 0.25) is 0 Å². The molecule has 0 fully saturated rings. The van der Waals surface area contributed by atoms with Gasteiger partial charge in [-0.05, 0) is 73.7 Å². The van der Waals surface area contributed by atoms with Crippen molar-refractivity contribution in [2.24, 2.45) is 0 Å². The molecule has 2 N–H and O–H groups in total. The Hall–Kier alpha value is -3.93. The Morgan fingerprint density at radius 3 is 2.19 bits per heavy atom. The molecule has 5 rings (SSSR count). The van der Waals surface area contributed by atoms with Crippen LogP contribution in [0, 0.1) is 0 Å². The van der Waals surface area contributed by atoms with Crippen LogP contribution in [0.4, 0.5) is 17.1 Å². The number of hydrogen-bond acceptors (Lipinski definition) is 6. The molecule has 0 saturated heterocycles. The van der Waals surface area contributed by atoms with Gasteiger partial charge in [0.15, 0.2) is 17.3 Å². The fraction of sp³-hybridized carbons (Fsp3) is 0.323. The maximum absolute atomic E-state index is 13.8. The van der Waals surface area contributed by atoms with Gasteiger partial charge in [-0.15, -0.1) is 0 Å². The van der Waals surface area contributed by atoms with Crippen molar-refractivity contribution in [3.63, 3.8) is 0 Å². The van der Waals surface area contributed by atoms with E-state index in [-0.39, 0.29) is 17.7 Å². The summed E-state index contributed by atoms with van der Waals surface area (Å²) < 4.78 is 11.0. The number of fused-ring (bicyclic) bond motifs is 1. The van der Waals surface area contributed by atoms with E-state index >= 15 is 0 Å². The van der Waals surface area contributed by atoms with Crippen LogP contribution in [0.1, 0.15) is 49.8 Å². The third kappa shape index (κ3) is 4.76. The predicted molar refractivity (Wildman–Crippen MR) is 150 cm³/mol. The van der Waals surface area contributed by atoms with Gasteiger partial charge in [-0.25, -0.2) is 0 Å². The molecule has 1 heterocycles. The summed E-state index contributed by atoms with van der Waals surface area (Å²) in [4.78, 5) is 16.2. The molecule has 1 aliphatic carbocycles. The van der Waals surface area contributed by atoms with Crippen molar-refractivity contribution in [1.29, 1.82) is 0 Å². The second kappa shape index (κ2) is 10.6. The van der Waals surface area contributed by atoms with Crippen molar-refractivity contribution in [2.75, 3.05) is 42.8 Å². The molecule has 37 heavy (non-hydrogen) atoms. The van der Waals surface area contributed by atoms with Crippen LogP contribution in [0.25, 0.3) is 0 Å². The molecule has 2 unspecified atom stereocenters. The molecule has 0 spiro atoms. The molecule has 192 valence electrons. The van der Waals surface area contributed by atoms with E-state index in [9.17, 15) is 4.79 Å². The molecule has 0 amide bonds. The van der Waals surface area contributed by atoms with Gasteiger partial charge < -0.3 is 25.0 Å². The minimum Gasteiger partial charge on any atom is -0.493 e. The average Bonchev–Trinajstić information content (AvgIpc) is 3.10. The molecule has 0 saturated carbocycles. The first-order valence-corrected chi connectivity index (χ1v) is 13.0. The molecule has 2 aliphatic rings. The summed E-state index contributed by atoms with van der Waals surface area (Å²) in [7, 11) is 3.27. The van der Waals surface area contributed by atoms with Crippen molar-refractivity contribution in [3.05, 3.63) is 89.1 Å². The number of nitrogens with one attached hydrogen (secondary N) is 2. The van der Waals surface area contributed by atoms with Gasteiger partial charge in [-0.2, -0.15) is 0 Å². The van der Waals surface area contributed by atoms with E-state index in [0.29, 0.717) is 17.9 Å². The summed E-state index contributed by atoms with van der Waals surface area (Å²) in [5, 5.41) is 7.30. The number of benzene rings is 3. The van der Waals surface area contributed by atoms with Crippen molar-refractivity contribution in [2.45, 2.75) is 38.6 Å². The zero-order valence-corrected chi connectivity index (χ0v) is 22.0. The van der Waals surface area contributed by atoms with E-state index in [1.54, 1.807) is 14.2 Å². The normalized spacial score (nSPS) is 18.6. The molecule has 0 aromatic heterocycles. The Kier molecular flexibility index (Phi) is 7.08. The molecule has 1 aliphatic heterocycles. The largest absolute Gasteiger partial charge is 0.493 e. The average molecular weight is 498 g/mol. The summed E-state index contributed by atoms with van der Waals surface area (Å²) in [5.41, 5.74) is 7.13. The van der Waals surface area contributed by atoms with E-state index in [4.69, 9.17) is 9.47 Å². The molecular weight excluding hydrogens is 462 g/mol. The van der Waals surface area contributed by atoms with Gasteiger partial charge in [0.1, 0.15) is 0 Å². The van der Waals surface area contributed by atoms with E-state index in [0.717, 1.165) is 53.3 Å². The summed E-state index contributed by atoms with van der Waals surface area (Å²) >= 11 is 0. The Morgan fingerprint density at radius 1 is 0.838 bits per heavy atom. The van der Waals surface area contributed by atoms with Crippen LogP contribution >= 0.6 is 0 Å². The topological polar surface area (TPSA) is 62.8 Å². The smallest absolute Gasteiger partial charge is 0.163 e. The second-order valence-corrected chi connectivity index (χ2v) is 9.55. The van der Waals surface area contributed by atoms with Crippen LogP contribution in [0.2, 0.25) is 0 Å². The number of hydrogen-bond donors (Lipinski definition) is 2. The van der Waals surface area contributed by atoms with Crippen LogP contribution in [0.3, 0.4) is 0 Å². The molecule has 6 nitrogen and oxygen atoms in total.